The lowest BCUT2D eigenvalue weighted by molar-refractivity contribution is 0.365. The molecule has 0 radical (unpaired) electrons. The van der Waals surface area contributed by atoms with Gasteiger partial charge in [0.2, 0.25) is 0 Å². The maximum atomic E-state index is 4.28. The van der Waals surface area contributed by atoms with Gasteiger partial charge in [0.05, 0.1) is 0 Å². The number of nitrogens with zero attached hydrogens (tertiary/aromatic N) is 1. The summed E-state index contributed by atoms with van der Waals surface area (Å²) in [6.07, 6.45) is 4.62. The quantitative estimate of drug-likeness (QED) is 0.829. The van der Waals surface area contributed by atoms with E-state index in [-0.39, 0.29) is 0 Å². The molecule has 14 heavy (non-hydrogen) atoms. The van der Waals surface area contributed by atoms with Crippen LogP contribution in [0.5, 0.6) is 0 Å². The molecule has 1 fully saturated rings. The summed E-state index contributed by atoms with van der Waals surface area (Å²) in [4.78, 5) is 4.28. The minimum Gasteiger partial charge on any atom is -0.307 e. The lowest BCUT2D eigenvalue weighted by Crippen LogP contribution is -2.35. The third-order valence-electron chi connectivity index (χ3n) is 3.28. The summed E-state index contributed by atoms with van der Waals surface area (Å²) in [5, 5.41) is 6.88. The highest BCUT2D eigenvalue weighted by molar-refractivity contribution is 7.09. The molecule has 1 aromatic rings. The maximum absolute atomic E-state index is 4.28. The van der Waals surface area contributed by atoms with Gasteiger partial charge in [-0.2, -0.15) is 0 Å². The second-order valence-electron chi connectivity index (χ2n) is 4.36. The van der Waals surface area contributed by atoms with E-state index in [0.717, 1.165) is 18.4 Å². The van der Waals surface area contributed by atoms with E-state index in [1.54, 1.807) is 11.3 Å². The van der Waals surface area contributed by atoms with E-state index in [0.29, 0.717) is 6.04 Å². The molecule has 2 unspecified atom stereocenters. The van der Waals surface area contributed by atoms with Crippen molar-refractivity contribution in [2.24, 2.45) is 11.8 Å². The fraction of sp³-hybridized carbons (Fsp3) is 0.727. The first-order valence-electron chi connectivity index (χ1n) is 5.39. The highest BCUT2D eigenvalue weighted by atomic mass is 32.1. The molecular formula is C11H18N2S. The third kappa shape index (κ3) is 2.15. The number of thiazole rings is 1. The van der Waals surface area contributed by atoms with Crippen molar-refractivity contribution in [2.75, 3.05) is 0 Å². The summed E-state index contributed by atoms with van der Waals surface area (Å²) in [6.45, 7) is 5.64. The van der Waals surface area contributed by atoms with Gasteiger partial charge in [0.25, 0.3) is 0 Å². The molecule has 1 aliphatic carbocycles. The molecule has 2 atom stereocenters. The van der Waals surface area contributed by atoms with Gasteiger partial charge in [-0.3, -0.25) is 0 Å². The first-order valence-corrected chi connectivity index (χ1v) is 6.27. The van der Waals surface area contributed by atoms with Crippen LogP contribution in [0.25, 0.3) is 0 Å². The number of hydrogen-bond acceptors (Lipinski definition) is 3. The Morgan fingerprint density at radius 2 is 2.14 bits per heavy atom. The highest BCUT2D eigenvalue weighted by Gasteiger charge is 2.29. The van der Waals surface area contributed by atoms with E-state index in [1.807, 2.05) is 11.6 Å². The standard InChI is InChI=1S/C11H18N2S/c1-8-3-4-9(2)11(8)13-7-10-12-5-6-14-10/h5-6,8-9,11,13H,3-4,7H2,1-2H3. The first kappa shape index (κ1) is 10.1. The normalized spacial score (nSPS) is 32.3. The van der Waals surface area contributed by atoms with Crippen LogP contribution in [0, 0.1) is 11.8 Å². The van der Waals surface area contributed by atoms with Crippen LogP contribution in [0.15, 0.2) is 11.6 Å². The molecule has 0 saturated heterocycles. The van der Waals surface area contributed by atoms with Crippen molar-refractivity contribution in [2.45, 2.75) is 39.3 Å². The Hall–Kier alpha value is -0.410. The topological polar surface area (TPSA) is 24.9 Å². The number of nitrogens with one attached hydrogen (secondary N) is 1. The highest BCUT2D eigenvalue weighted by Crippen LogP contribution is 2.30. The van der Waals surface area contributed by atoms with Crippen LogP contribution in [0.4, 0.5) is 0 Å². The molecule has 1 aliphatic rings. The maximum Gasteiger partial charge on any atom is 0.106 e. The summed E-state index contributed by atoms with van der Waals surface area (Å²) in [5.74, 6) is 1.65. The van der Waals surface area contributed by atoms with Crippen LogP contribution in [0.3, 0.4) is 0 Å². The molecule has 2 rings (SSSR count). The van der Waals surface area contributed by atoms with Crippen LogP contribution in [-0.2, 0) is 6.54 Å². The lowest BCUT2D eigenvalue weighted by Gasteiger charge is -2.20. The predicted octanol–water partition coefficient (Wildman–Crippen LogP) is 2.67. The zero-order valence-electron chi connectivity index (χ0n) is 8.86. The number of rotatable bonds is 3. The molecule has 0 aliphatic heterocycles. The summed E-state index contributed by atoms with van der Waals surface area (Å²) in [6, 6.07) is 0.693. The fourth-order valence-corrected chi connectivity index (χ4v) is 2.96. The summed E-state index contributed by atoms with van der Waals surface area (Å²) in [7, 11) is 0. The molecule has 78 valence electrons. The summed E-state index contributed by atoms with van der Waals surface area (Å²) >= 11 is 1.74. The Balaban J connectivity index is 1.85. The van der Waals surface area contributed by atoms with Crippen molar-refractivity contribution >= 4 is 11.3 Å². The predicted molar refractivity (Wildman–Crippen MR) is 60.3 cm³/mol. The van der Waals surface area contributed by atoms with Gasteiger partial charge in [0, 0.05) is 24.2 Å². The molecule has 0 aromatic carbocycles. The minimum atomic E-state index is 0.693. The average molecular weight is 210 g/mol. The molecule has 0 amide bonds. The lowest BCUT2D eigenvalue weighted by atomic mass is 10.0. The molecule has 3 heteroatoms. The Kier molecular flexibility index (Phi) is 3.19. The Morgan fingerprint density at radius 3 is 2.71 bits per heavy atom. The summed E-state index contributed by atoms with van der Waals surface area (Å²) in [5.41, 5.74) is 0. The smallest absolute Gasteiger partial charge is 0.106 e. The molecule has 1 aromatic heterocycles. The number of hydrogen-bond donors (Lipinski definition) is 1. The molecule has 0 bridgehead atoms. The van der Waals surface area contributed by atoms with Crippen molar-refractivity contribution in [3.63, 3.8) is 0 Å². The molecule has 1 heterocycles. The van der Waals surface area contributed by atoms with Crippen LogP contribution < -0.4 is 5.32 Å². The van der Waals surface area contributed by atoms with Crippen LogP contribution in [0.2, 0.25) is 0 Å². The Labute approximate surface area is 89.8 Å². The zero-order valence-corrected chi connectivity index (χ0v) is 9.68. The van der Waals surface area contributed by atoms with E-state index in [9.17, 15) is 0 Å². The fourth-order valence-electron chi connectivity index (χ4n) is 2.39. The van der Waals surface area contributed by atoms with Crippen molar-refractivity contribution in [1.82, 2.24) is 10.3 Å². The van der Waals surface area contributed by atoms with Crippen molar-refractivity contribution < 1.29 is 0 Å². The van der Waals surface area contributed by atoms with E-state index < -0.39 is 0 Å². The monoisotopic (exact) mass is 210 g/mol. The van der Waals surface area contributed by atoms with Gasteiger partial charge in [-0.15, -0.1) is 11.3 Å². The van der Waals surface area contributed by atoms with Gasteiger partial charge in [-0.05, 0) is 24.7 Å². The first-order chi connectivity index (χ1) is 6.77. The molecule has 1 saturated carbocycles. The van der Waals surface area contributed by atoms with E-state index in [1.165, 1.54) is 17.8 Å². The van der Waals surface area contributed by atoms with Crippen LogP contribution in [0.1, 0.15) is 31.7 Å². The zero-order chi connectivity index (χ0) is 9.97. The van der Waals surface area contributed by atoms with Crippen molar-refractivity contribution in [3.8, 4) is 0 Å². The van der Waals surface area contributed by atoms with E-state index in [2.05, 4.69) is 24.1 Å². The molecule has 2 nitrogen and oxygen atoms in total. The molecule has 0 spiro atoms. The van der Waals surface area contributed by atoms with Crippen LogP contribution >= 0.6 is 11.3 Å². The van der Waals surface area contributed by atoms with Gasteiger partial charge in [-0.1, -0.05) is 13.8 Å². The van der Waals surface area contributed by atoms with E-state index >= 15 is 0 Å². The second kappa shape index (κ2) is 4.41. The van der Waals surface area contributed by atoms with Gasteiger partial charge >= 0.3 is 0 Å². The molecule has 1 N–H and O–H groups in total. The minimum absolute atomic E-state index is 0.693. The number of aromatic nitrogens is 1. The van der Waals surface area contributed by atoms with Gasteiger partial charge < -0.3 is 5.32 Å². The van der Waals surface area contributed by atoms with Gasteiger partial charge in [0.1, 0.15) is 5.01 Å². The third-order valence-corrected chi connectivity index (χ3v) is 4.06. The van der Waals surface area contributed by atoms with E-state index in [4.69, 9.17) is 0 Å². The van der Waals surface area contributed by atoms with Crippen molar-refractivity contribution in [3.05, 3.63) is 16.6 Å². The SMILES string of the molecule is CC1CCC(C)C1NCc1nccs1. The Bertz CT molecular complexity index is 261. The summed E-state index contributed by atoms with van der Waals surface area (Å²) < 4.78 is 0. The van der Waals surface area contributed by atoms with Gasteiger partial charge in [0.15, 0.2) is 0 Å². The van der Waals surface area contributed by atoms with Crippen molar-refractivity contribution in [1.29, 1.82) is 0 Å². The largest absolute Gasteiger partial charge is 0.307 e. The second-order valence-corrected chi connectivity index (χ2v) is 5.34. The average Bonchev–Trinajstić information content (AvgIpc) is 2.76. The van der Waals surface area contributed by atoms with Crippen LogP contribution in [-0.4, -0.2) is 11.0 Å². The Morgan fingerprint density at radius 1 is 1.43 bits per heavy atom. The van der Waals surface area contributed by atoms with Gasteiger partial charge in [-0.25, -0.2) is 4.98 Å². The molecular weight excluding hydrogens is 192 g/mol.